The SMILES string of the molecule is Cc1ccnc(NC(=O)C2NCC3CCCC32)c1. The van der Waals surface area contributed by atoms with Crippen molar-refractivity contribution in [2.24, 2.45) is 11.8 Å². The van der Waals surface area contributed by atoms with E-state index < -0.39 is 0 Å². The van der Waals surface area contributed by atoms with Gasteiger partial charge in [0.25, 0.3) is 0 Å². The molecule has 1 saturated carbocycles. The second kappa shape index (κ2) is 4.69. The monoisotopic (exact) mass is 245 g/mol. The molecule has 1 aliphatic carbocycles. The van der Waals surface area contributed by atoms with Gasteiger partial charge in [0.2, 0.25) is 5.91 Å². The van der Waals surface area contributed by atoms with Crippen molar-refractivity contribution in [2.45, 2.75) is 32.2 Å². The predicted molar refractivity (Wildman–Crippen MR) is 70.2 cm³/mol. The molecular formula is C14H19N3O. The fourth-order valence-corrected chi connectivity index (χ4v) is 3.28. The summed E-state index contributed by atoms with van der Waals surface area (Å²) in [5, 5.41) is 6.28. The Kier molecular flexibility index (Phi) is 3.04. The topological polar surface area (TPSA) is 54.0 Å². The highest BCUT2D eigenvalue weighted by Crippen LogP contribution is 2.37. The summed E-state index contributed by atoms with van der Waals surface area (Å²) in [6.07, 6.45) is 5.44. The predicted octanol–water partition coefficient (Wildman–Crippen LogP) is 1.72. The van der Waals surface area contributed by atoms with E-state index in [1.165, 1.54) is 19.3 Å². The fraction of sp³-hybridized carbons (Fsp3) is 0.571. The summed E-state index contributed by atoms with van der Waals surface area (Å²) < 4.78 is 0. The molecular weight excluding hydrogens is 226 g/mol. The minimum atomic E-state index is -0.0280. The van der Waals surface area contributed by atoms with Crippen LogP contribution in [0.3, 0.4) is 0 Å². The van der Waals surface area contributed by atoms with Gasteiger partial charge in [0.05, 0.1) is 6.04 Å². The first-order valence-electron chi connectivity index (χ1n) is 6.71. The molecule has 0 radical (unpaired) electrons. The maximum Gasteiger partial charge on any atom is 0.242 e. The molecule has 2 aliphatic rings. The van der Waals surface area contributed by atoms with Crippen LogP contribution in [0.4, 0.5) is 5.82 Å². The van der Waals surface area contributed by atoms with Gasteiger partial charge in [-0.1, -0.05) is 6.42 Å². The van der Waals surface area contributed by atoms with Gasteiger partial charge in [0, 0.05) is 6.20 Å². The van der Waals surface area contributed by atoms with Gasteiger partial charge in [-0.15, -0.1) is 0 Å². The molecule has 96 valence electrons. The number of rotatable bonds is 2. The van der Waals surface area contributed by atoms with E-state index in [-0.39, 0.29) is 11.9 Å². The van der Waals surface area contributed by atoms with Gasteiger partial charge in [0.1, 0.15) is 5.82 Å². The zero-order valence-corrected chi connectivity index (χ0v) is 10.6. The van der Waals surface area contributed by atoms with Gasteiger partial charge in [-0.25, -0.2) is 4.98 Å². The highest BCUT2D eigenvalue weighted by molar-refractivity contribution is 5.94. The number of aryl methyl sites for hydroxylation is 1. The van der Waals surface area contributed by atoms with Crippen molar-refractivity contribution >= 4 is 11.7 Å². The Morgan fingerprint density at radius 1 is 1.50 bits per heavy atom. The van der Waals surface area contributed by atoms with Crippen molar-refractivity contribution in [3.8, 4) is 0 Å². The van der Waals surface area contributed by atoms with Gasteiger partial charge < -0.3 is 10.6 Å². The molecule has 4 heteroatoms. The molecule has 0 aromatic carbocycles. The summed E-state index contributed by atoms with van der Waals surface area (Å²) >= 11 is 0. The largest absolute Gasteiger partial charge is 0.309 e. The quantitative estimate of drug-likeness (QED) is 0.834. The summed E-state index contributed by atoms with van der Waals surface area (Å²) in [5.41, 5.74) is 1.11. The zero-order chi connectivity index (χ0) is 12.5. The van der Waals surface area contributed by atoms with Gasteiger partial charge >= 0.3 is 0 Å². The maximum absolute atomic E-state index is 12.3. The van der Waals surface area contributed by atoms with Gasteiger partial charge in [-0.2, -0.15) is 0 Å². The lowest BCUT2D eigenvalue weighted by Gasteiger charge is -2.17. The Morgan fingerprint density at radius 3 is 3.22 bits per heavy atom. The number of hydrogen-bond acceptors (Lipinski definition) is 3. The lowest BCUT2D eigenvalue weighted by molar-refractivity contribution is -0.118. The van der Waals surface area contributed by atoms with Crippen LogP contribution in [0.1, 0.15) is 24.8 Å². The molecule has 1 saturated heterocycles. The summed E-state index contributed by atoms with van der Waals surface area (Å²) in [4.78, 5) is 16.4. The van der Waals surface area contributed by atoms with E-state index in [0.29, 0.717) is 17.7 Å². The van der Waals surface area contributed by atoms with Crippen molar-refractivity contribution in [3.05, 3.63) is 23.9 Å². The molecule has 1 aromatic rings. The average molecular weight is 245 g/mol. The van der Waals surface area contributed by atoms with E-state index in [0.717, 1.165) is 12.1 Å². The average Bonchev–Trinajstić information content (AvgIpc) is 2.89. The van der Waals surface area contributed by atoms with E-state index >= 15 is 0 Å². The number of pyridine rings is 1. The van der Waals surface area contributed by atoms with E-state index in [1.807, 2.05) is 19.1 Å². The molecule has 18 heavy (non-hydrogen) atoms. The van der Waals surface area contributed by atoms with Gasteiger partial charge in [-0.05, 0) is 55.8 Å². The van der Waals surface area contributed by atoms with Crippen LogP contribution in [0.2, 0.25) is 0 Å². The fourth-order valence-electron chi connectivity index (χ4n) is 3.28. The van der Waals surface area contributed by atoms with Crippen molar-refractivity contribution in [3.63, 3.8) is 0 Å². The number of fused-ring (bicyclic) bond motifs is 1. The Hall–Kier alpha value is -1.42. The number of nitrogens with zero attached hydrogens (tertiary/aromatic N) is 1. The second-order valence-corrected chi connectivity index (χ2v) is 5.45. The Balaban J connectivity index is 1.68. The highest BCUT2D eigenvalue weighted by atomic mass is 16.2. The summed E-state index contributed by atoms with van der Waals surface area (Å²) in [7, 11) is 0. The van der Waals surface area contributed by atoms with E-state index in [1.54, 1.807) is 6.20 Å². The minimum absolute atomic E-state index is 0.0280. The number of carbonyl (C=O) groups excluding carboxylic acids is 1. The summed E-state index contributed by atoms with van der Waals surface area (Å²) in [6, 6.07) is 3.80. The van der Waals surface area contributed by atoms with Crippen molar-refractivity contribution in [1.82, 2.24) is 10.3 Å². The molecule has 0 spiro atoms. The highest BCUT2D eigenvalue weighted by Gasteiger charge is 2.42. The number of carbonyl (C=O) groups is 1. The molecule has 2 fully saturated rings. The maximum atomic E-state index is 12.3. The van der Waals surface area contributed by atoms with Crippen LogP contribution < -0.4 is 10.6 Å². The van der Waals surface area contributed by atoms with E-state index in [4.69, 9.17) is 0 Å². The molecule has 3 rings (SSSR count). The minimum Gasteiger partial charge on any atom is -0.309 e. The summed E-state index contributed by atoms with van der Waals surface area (Å²) in [6.45, 7) is 2.99. The number of hydrogen-bond donors (Lipinski definition) is 2. The smallest absolute Gasteiger partial charge is 0.242 e. The molecule has 1 aliphatic heterocycles. The first kappa shape index (κ1) is 11.7. The first-order valence-corrected chi connectivity index (χ1v) is 6.71. The zero-order valence-electron chi connectivity index (χ0n) is 10.6. The lowest BCUT2D eigenvalue weighted by atomic mass is 9.93. The third-order valence-electron chi connectivity index (χ3n) is 4.20. The van der Waals surface area contributed by atoms with Crippen LogP contribution in [-0.4, -0.2) is 23.5 Å². The number of amides is 1. The Bertz CT molecular complexity index is 460. The second-order valence-electron chi connectivity index (χ2n) is 5.45. The first-order chi connectivity index (χ1) is 8.74. The number of nitrogens with one attached hydrogen (secondary N) is 2. The number of anilines is 1. The molecule has 0 bridgehead atoms. The van der Waals surface area contributed by atoms with Crippen molar-refractivity contribution in [1.29, 1.82) is 0 Å². The molecule has 4 nitrogen and oxygen atoms in total. The molecule has 2 heterocycles. The van der Waals surface area contributed by atoms with Crippen LogP contribution in [0, 0.1) is 18.8 Å². The molecule has 1 amide bonds. The van der Waals surface area contributed by atoms with Gasteiger partial charge in [0.15, 0.2) is 0 Å². The van der Waals surface area contributed by atoms with Crippen LogP contribution >= 0.6 is 0 Å². The molecule has 1 aromatic heterocycles. The van der Waals surface area contributed by atoms with Crippen LogP contribution in [0.5, 0.6) is 0 Å². The van der Waals surface area contributed by atoms with Crippen molar-refractivity contribution < 1.29 is 4.79 Å². The van der Waals surface area contributed by atoms with Crippen molar-refractivity contribution in [2.75, 3.05) is 11.9 Å². The number of aromatic nitrogens is 1. The van der Waals surface area contributed by atoms with Crippen LogP contribution in [-0.2, 0) is 4.79 Å². The Morgan fingerprint density at radius 2 is 2.39 bits per heavy atom. The standard InChI is InChI=1S/C14H19N3O/c1-9-5-6-15-12(7-9)17-14(18)13-11-4-2-3-10(11)8-16-13/h5-7,10-11,13,16H,2-4,8H2,1H3,(H,15,17,18). The van der Waals surface area contributed by atoms with E-state index in [2.05, 4.69) is 15.6 Å². The lowest BCUT2D eigenvalue weighted by Crippen LogP contribution is -2.39. The van der Waals surface area contributed by atoms with Crippen LogP contribution in [0.15, 0.2) is 18.3 Å². The third-order valence-corrected chi connectivity index (χ3v) is 4.20. The summed E-state index contributed by atoms with van der Waals surface area (Å²) in [5.74, 6) is 1.95. The molecule has 3 unspecified atom stereocenters. The molecule has 2 N–H and O–H groups in total. The normalized spacial score (nSPS) is 30.2. The third kappa shape index (κ3) is 2.12. The molecule has 3 atom stereocenters. The van der Waals surface area contributed by atoms with Crippen LogP contribution in [0.25, 0.3) is 0 Å². The Labute approximate surface area is 107 Å². The van der Waals surface area contributed by atoms with Gasteiger partial charge in [-0.3, -0.25) is 4.79 Å². The van der Waals surface area contributed by atoms with E-state index in [9.17, 15) is 4.79 Å².